The van der Waals surface area contributed by atoms with Crippen molar-refractivity contribution in [2.75, 3.05) is 30.3 Å². The number of carbonyl (C=O) groups is 1. The zero-order valence-corrected chi connectivity index (χ0v) is 16.0. The number of nitrogens with zero attached hydrogens (tertiary/aromatic N) is 4. The van der Waals surface area contributed by atoms with E-state index in [1.165, 1.54) is 0 Å². The summed E-state index contributed by atoms with van der Waals surface area (Å²) in [6.45, 7) is 4.41. The predicted octanol–water partition coefficient (Wildman–Crippen LogP) is 2.27. The maximum absolute atomic E-state index is 13.0. The van der Waals surface area contributed by atoms with Crippen LogP contribution in [0.5, 0.6) is 0 Å². The van der Waals surface area contributed by atoms with Crippen LogP contribution >= 0.6 is 0 Å². The number of rotatable bonds is 3. The molecule has 7 nitrogen and oxygen atoms in total. The Labute approximate surface area is 163 Å². The highest BCUT2D eigenvalue weighted by atomic mass is 16.2. The third-order valence-electron chi connectivity index (χ3n) is 6.06. The Morgan fingerprint density at radius 3 is 2.75 bits per heavy atom. The Kier molecular flexibility index (Phi) is 3.79. The second-order valence-electron chi connectivity index (χ2n) is 8.00. The van der Waals surface area contributed by atoms with Gasteiger partial charge in [0, 0.05) is 31.5 Å². The summed E-state index contributed by atoms with van der Waals surface area (Å²) in [6.07, 6.45) is 6.12. The van der Waals surface area contributed by atoms with E-state index in [0.717, 1.165) is 66.1 Å². The van der Waals surface area contributed by atoms with Crippen LogP contribution in [-0.4, -0.2) is 50.9 Å². The molecule has 7 heteroatoms. The molecule has 1 spiro atoms. The average Bonchev–Trinajstić information content (AvgIpc) is 3.35. The van der Waals surface area contributed by atoms with E-state index >= 15 is 0 Å². The fraction of sp³-hybridized carbons (Fsp3) is 0.381. The van der Waals surface area contributed by atoms with Crippen molar-refractivity contribution in [1.29, 1.82) is 0 Å². The first-order chi connectivity index (χ1) is 13.6. The molecular weight excluding hydrogens is 352 g/mol. The molecule has 3 N–H and O–H groups in total. The number of nitrogens with one attached hydrogen (secondary N) is 1. The quantitative estimate of drug-likeness (QED) is 0.684. The van der Waals surface area contributed by atoms with E-state index in [4.69, 9.17) is 5.73 Å². The number of H-pyrrole nitrogens is 1. The van der Waals surface area contributed by atoms with E-state index in [0.29, 0.717) is 6.42 Å². The fourth-order valence-electron chi connectivity index (χ4n) is 4.36. The van der Waals surface area contributed by atoms with Crippen molar-refractivity contribution in [1.82, 2.24) is 19.9 Å². The Balaban J connectivity index is 1.36. The molecule has 1 saturated carbocycles. The molecule has 1 saturated heterocycles. The van der Waals surface area contributed by atoms with Crippen LogP contribution in [0.2, 0.25) is 0 Å². The number of nitrogen functional groups attached to an aromatic ring is 1. The van der Waals surface area contributed by atoms with Gasteiger partial charge in [-0.05, 0) is 43.0 Å². The summed E-state index contributed by atoms with van der Waals surface area (Å²) in [6, 6.07) is 7.59. The highest BCUT2D eigenvalue weighted by molar-refractivity contribution is 5.91. The van der Waals surface area contributed by atoms with Crippen LogP contribution in [0.3, 0.4) is 0 Å². The van der Waals surface area contributed by atoms with E-state index in [1.54, 1.807) is 6.33 Å². The SMILES string of the molecule is Cc1c[nH]c2ncnc(N3CCN(C(=O)Cc4ccc(N)cc4)C4(CC4)C3)c12. The molecule has 2 aliphatic rings. The number of fused-ring (bicyclic) bond motifs is 1. The summed E-state index contributed by atoms with van der Waals surface area (Å²) in [5.74, 6) is 1.17. The predicted molar refractivity (Wildman–Crippen MR) is 109 cm³/mol. The largest absolute Gasteiger partial charge is 0.399 e. The maximum atomic E-state index is 13.0. The molecule has 1 aliphatic heterocycles. The fourth-order valence-corrected chi connectivity index (χ4v) is 4.36. The van der Waals surface area contributed by atoms with Gasteiger partial charge in [0.1, 0.15) is 17.8 Å². The molecule has 2 fully saturated rings. The lowest BCUT2D eigenvalue weighted by molar-refractivity contribution is -0.134. The summed E-state index contributed by atoms with van der Waals surface area (Å²) in [4.78, 5) is 29.6. The van der Waals surface area contributed by atoms with Gasteiger partial charge in [-0.2, -0.15) is 0 Å². The first-order valence-corrected chi connectivity index (χ1v) is 9.74. The molecule has 0 radical (unpaired) electrons. The van der Waals surface area contributed by atoms with Gasteiger partial charge in [-0.3, -0.25) is 4.79 Å². The van der Waals surface area contributed by atoms with Gasteiger partial charge < -0.3 is 20.5 Å². The van der Waals surface area contributed by atoms with Crippen LogP contribution in [-0.2, 0) is 11.2 Å². The number of anilines is 2. The van der Waals surface area contributed by atoms with Crippen molar-refractivity contribution >= 4 is 28.4 Å². The molecule has 5 rings (SSSR count). The molecule has 3 heterocycles. The van der Waals surface area contributed by atoms with E-state index in [2.05, 4.69) is 31.7 Å². The van der Waals surface area contributed by atoms with Crippen molar-refractivity contribution in [3.8, 4) is 0 Å². The molecule has 0 unspecified atom stereocenters. The lowest BCUT2D eigenvalue weighted by atomic mass is 10.1. The van der Waals surface area contributed by atoms with Gasteiger partial charge >= 0.3 is 0 Å². The zero-order chi connectivity index (χ0) is 19.3. The topological polar surface area (TPSA) is 91.1 Å². The van der Waals surface area contributed by atoms with E-state index in [9.17, 15) is 4.79 Å². The normalized spacial score (nSPS) is 18.0. The van der Waals surface area contributed by atoms with Gasteiger partial charge in [0.25, 0.3) is 0 Å². The Morgan fingerprint density at radius 1 is 1.21 bits per heavy atom. The molecular formula is C21H24N6O. The van der Waals surface area contributed by atoms with Gasteiger partial charge in [-0.25, -0.2) is 9.97 Å². The number of piperazine rings is 1. The van der Waals surface area contributed by atoms with Crippen LogP contribution in [0.15, 0.2) is 36.8 Å². The summed E-state index contributed by atoms with van der Waals surface area (Å²) in [5.41, 5.74) is 9.46. The van der Waals surface area contributed by atoms with Crippen molar-refractivity contribution < 1.29 is 4.79 Å². The number of nitrogens with two attached hydrogens (primary N) is 1. The summed E-state index contributed by atoms with van der Waals surface area (Å²) >= 11 is 0. The minimum atomic E-state index is -0.0510. The number of hydrogen-bond acceptors (Lipinski definition) is 5. The number of aromatic nitrogens is 3. The minimum Gasteiger partial charge on any atom is -0.399 e. The molecule has 1 aromatic carbocycles. The first kappa shape index (κ1) is 17.0. The lowest BCUT2D eigenvalue weighted by Gasteiger charge is -2.43. The summed E-state index contributed by atoms with van der Waals surface area (Å²) in [5, 5.41) is 1.08. The maximum Gasteiger partial charge on any atom is 0.227 e. The number of aromatic amines is 1. The van der Waals surface area contributed by atoms with Gasteiger partial charge in [-0.1, -0.05) is 12.1 Å². The van der Waals surface area contributed by atoms with Crippen molar-refractivity contribution in [3.05, 3.63) is 47.9 Å². The standard InChI is InChI=1S/C21H24N6O/c1-14-11-23-19-18(14)20(25-13-24-19)26-8-9-27(21(12-26)6-7-21)17(28)10-15-2-4-16(22)5-3-15/h2-5,11,13H,6-10,12,22H2,1H3,(H,23,24,25). The first-order valence-electron chi connectivity index (χ1n) is 9.74. The number of hydrogen-bond donors (Lipinski definition) is 2. The highest BCUT2D eigenvalue weighted by Gasteiger charge is 2.53. The lowest BCUT2D eigenvalue weighted by Crippen LogP contribution is -2.57. The monoisotopic (exact) mass is 376 g/mol. The van der Waals surface area contributed by atoms with E-state index in [1.807, 2.05) is 30.5 Å². The van der Waals surface area contributed by atoms with Crippen LogP contribution in [0.1, 0.15) is 24.0 Å². The zero-order valence-electron chi connectivity index (χ0n) is 16.0. The van der Waals surface area contributed by atoms with Crippen LogP contribution in [0, 0.1) is 6.92 Å². The highest BCUT2D eigenvalue weighted by Crippen LogP contribution is 2.45. The minimum absolute atomic E-state index is 0.0510. The van der Waals surface area contributed by atoms with E-state index in [-0.39, 0.29) is 11.4 Å². The second kappa shape index (κ2) is 6.22. The molecule has 0 atom stereocenters. The Bertz CT molecular complexity index is 1040. The van der Waals surface area contributed by atoms with Crippen molar-refractivity contribution in [2.45, 2.75) is 31.7 Å². The van der Waals surface area contributed by atoms with Gasteiger partial charge in [-0.15, -0.1) is 0 Å². The third-order valence-corrected chi connectivity index (χ3v) is 6.06. The number of amides is 1. The van der Waals surface area contributed by atoms with Crippen LogP contribution in [0.25, 0.3) is 11.0 Å². The summed E-state index contributed by atoms with van der Waals surface area (Å²) < 4.78 is 0. The number of aryl methyl sites for hydroxylation is 1. The molecule has 28 heavy (non-hydrogen) atoms. The average molecular weight is 376 g/mol. The molecule has 1 amide bonds. The van der Waals surface area contributed by atoms with Crippen LogP contribution < -0.4 is 10.6 Å². The van der Waals surface area contributed by atoms with Crippen molar-refractivity contribution in [2.24, 2.45) is 0 Å². The van der Waals surface area contributed by atoms with Gasteiger partial charge in [0.2, 0.25) is 5.91 Å². The van der Waals surface area contributed by atoms with Gasteiger partial charge in [0.15, 0.2) is 0 Å². The Morgan fingerprint density at radius 2 is 2.00 bits per heavy atom. The number of benzene rings is 1. The van der Waals surface area contributed by atoms with Gasteiger partial charge in [0.05, 0.1) is 17.3 Å². The van der Waals surface area contributed by atoms with Crippen LogP contribution in [0.4, 0.5) is 11.5 Å². The third kappa shape index (κ3) is 2.78. The smallest absolute Gasteiger partial charge is 0.227 e. The molecule has 3 aromatic rings. The Hall–Kier alpha value is -3.09. The number of carbonyl (C=O) groups excluding carboxylic acids is 1. The molecule has 2 aromatic heterocycles. The second-order valence-corrected chi connectivity index (χ2v) is 8.00. The summed E-state index contributed by atoms with van der Waals surface area (Å²) in [7, 11) is 0. The van der Waals surface area contributed by atoms with E-state index < -0.39 is 0 Å². The molecule has 144 valence electrons. The molecule has 1 aliphatic carbocycles. The van der Waals surface area contributed by atoms with Crippen molar-refractivity contribution in [3.63, 3.8) is 0 Å². The molecule has 0 bridgehead atoms.